The van der Waals surface area contributed by atoms with E-state index in [-0.39, 0.29) is 44.7 Å². The van der Waals surface area contributed by atoms with E-state index in [1.807, 2.05) is 25.1 Å². The molecule has 1 aromatic carbocycles. The Kier molecular flexibility index (Phi) is 6.80. The van der Waals surface area contributed by atoms with E-state index in [0.717, 1.165) is 68.1 Å². The molecular weight excluding hydrogens is 664 g/mol. The third-order valence-electron chi connectivity index (χ3n) is 18.1. The highest BCUT2D eigenvalue weighted by Crippen LogP contribution is 2.76. The van der Waals surface area contributed by atoms with E-state index >= 15 is 0 Å². The fourth-order valence-electron chi connectivity index (χ4n) is 14.2. The zero-order chi connectivity index (χ0) is 38.2. The molecule has 1 aliphatic heterocycles. The van der Waals surface area contributed by atoms with E-state index in [4.69, 9.17) is 9.47 Å². The number of fused-ring (bicyclic) bond motifs is 13. The molecule has 7 heteroatoms. The maximum atomic E-state index is 14.5. The molecule has 4 fully saturated rings. The molecule has 0 spiro atoms. The van der Waals surface area contributed by atoms with Crippen LogP contribution in [-0.2, 0) is 15.0 Å². The molecule has 0 bridgehead atoms. The van der Waals surface area contributed by atoms with Crippen LogP contribution in [-0.4, -0.2) is 39.1 Å². The Morgan fingerprint density at radius 3 is 2.19 bits per heavy atom. The van der Waals surface area contributed by atoms with Gasteiger partial charge in [-0.2, -0.15) is 0 Å². The minimum absolute atomic E-state index is 0.0151. The highest BCUT2D eigenvalue weighted by Gasteiger charge is 2.71. The molecule has 0 amide bonds. The normalized spacial score (nSPS) is 47.5. The van der Waals surface area contributed by atoms with Gasteiger partial charge in [0.15, 0.2) is 17.3 Å². The molecule has 0 saturated heterocycles. The molecular formula is C46H58O7. The Bertz CT molecular complexity index is 2020. The number of allylic oxidation sites excluding steroid dienone is 3. The van der Waals surface area contributed by atoms with Gasteiger partial charge in [0.05, 0.1) is 5.41 Å². The van der Waals surface area contributed by atoms with Gasteiger partial charge in [0.25, 0.3) is 0 Å². The molecule has 0 aromatic heterocycles. The number of aliphatic carboxylic acids is 1. The van der Waals surface area contributed by atoms with E-state index in [1.54, 1.807) is 13.0 Å². The molecule has 1 aromatic rings. The summed E-state index contributed by atoms with van der Waals surface area (Å²) in [7, 11) is 0. The second kappa shape index (κ2) is 10.2. The number of carbonyl (C=O) groups is 3. The average Bonchev–Trinajstić information content (AvgIpc) is 3.08. The van der Waals surface area contributed by atoms with Crippen molar-refractivity contribution in [1.82, 2.24) is 0 Å². The third-order valence-corrected chi connectivity index (χ3v) is 18.1. The van der Waals surface area contributed by atoms with E-state index in [0.29, 0.717) is 36.3 Å². The Labute approximate surface area is 314 Å². The van der Waals surface area contributed by atoms with Gasteiger partial charge >= 0.3 is 11.8 Å². The van der Waals surface area contributed by atoms with Crippen molar-refractivity contribution in [2.45, 2.75) is 150 Å². The number of rotatable bonds is 1. The minimum atomic E-state index is -2.29. The summed E-state index contributed by atoms with van der Waals surface area (Å²) < 4.78 is 13.3. The number of hydrogen-bond donors (Lipinski definition) is 2. The Hall–Kier alpha value is -3.19. The number of ether oxygens (including phenoxy) is 2. The van der Waals surface area contributed by atoms with Crippen molar-refractivity contribution < 1.29 is 34.1 Å². The summed E-state index contributed by atoms with van der Waals surface area (Å²) >= 11 is 0. The summed E-state index contributed by atoms with van der Waals surface area (Å²) in [4.78, 5) is 40.9. The second-order valence-electron chi connectivity index (χ2n) is 21.1. The van der Waals surface area contributed by atoms with E-state index in [1.165, 1.54) is 5.57 Å². The molecule has 10 atom stereocenters. The predicted molar refractivity (Wildman–Crippen MR) is 202 cm³/mol. The van der Waals surface area contributed by atoms with Gasteiger partial charge < -0.3 is 19.7 Å². The summed E-state index contributed by atoms with van der Waals surface area (Å²) in [5.41, 5.74) is 1.20. The van der Waals surface area contributed by atoms with Crippen molar-refractivity contribution in [3.63, 3.8) is 0 Å². The van der Waals surface area contributed by atoms with Crippen LogP contribution in [0.2, 0.25) is 0 Å². The molecule has 0 radical (unpaired) electrons. The first kappa shape index (κ1) is 35.5. The summed E-state index contributed by atoms with van der Waals surface area (Å²) in [5, 5.41) is 22.8. The summed E-state index contributed by atoms with van der Waals surface area (Å²) in [6, 6.07) is 3.70. The maximum Gasteiger partial charge on any atom is 0.317 e. The quantitative estimate of drug-likeness (QED) is 0.297. The summed E-state index contributed by atoms with van der Waals surface area (Å²) in [5.74, 6) is -2.28. The molecule has 7 nitrogen and oxygen atoms in total. The third kappa shape index (κ3) is 4.08. The van der Waals surface area contributed by atoms with Gasteiger partial charge in [-0.25, -0.2) is 0 Å². The lowest BCUT2D eigenvalue weighted by Gasteiger charge is -2.70. The first-order valence-corrected chi connectivity index (χ1v) is 20.3. The number of ketones is 2. The molecule has 0 unspecified atom stereocenters. The van der Waals surface area contributed by atoms with Crippen molar-refractivity contribution >= 4 is 17.5 Å². The number of aliphatic hydroxyl groups is 1. The lowest BCUT2D eigenvalue weighted by molar-refractivity contribution is -0.231. The monoisotopic (exact) mass is 722 g/mol. The van der Waals surface area contributed by atoms with Crippen LogP contribution < -0.4 is 9.47 Å². The number of hydrogen-bond acceptors (Lipinski definition) is 6. The van der Waals surface area contributed by atoms with E-state index < -0.39 is 34.0 Å². The second-order valence-corrected chi connectivity index (χ2v) is 21.1. The van der Waals surface area contributed by atoms with Crippen LogP contribution in [0.15, 0.2) is 47.1 Å². The molecule has 53 heavy (non-hydrogen) atoms. The van der Waals surface area contributed by atoms with Crippen molar-refractivity contribution in [3.8, 4) is 11.5 Å². The highest BCUT2D eigenvalue weighted by atomic mass is 16.7. The Morgan fingerprint density at radius 1 is 0.774 bits per heavy atom. The van der Waals surface area contributed by atoms with Gasteiger partial charge in [-0.1, -0.05) is 72.6 Å². The lowest BCUT2D eigenvalue weighted by atomic mass is 9.34. The fraction of sp³-hybridized carbons (Fsp3) is 0.674. The SMILES string of the molecule is CC1(C)CCC[C@]2(C)c3cc4c(cc3C(=O)C[C@@H]12)O[C@]1(C)C2=CC=C3[C@@](C)(CC[C@@]5(C)[C@@H]6C[C@](C)(C(=O)O)CC[C@]6(C)CC[C@]35C)C2=CC(=O)[C@]1(O)O4. The van der Waals surface area contributed by atoms with Gasteiger partial charge in [0.1, 0.15) is 0 Å². The largest absolute Gasteiger partial charge is 0.481 e. The number of carboxylic acid groups (broad SMARTS) is 1. The smallest absolute Gasteiger partial charge is 0.317 e. The molecule has 8 aliphatic rings. The van der Waals surface area contributed by atoms with Crippen molar-refractivity contribution in [2.75, 3.05) is 0 Å². The molecule has 1 heterocycles. The van der Waals surface area contributed by atoms with Crippen LogP contribution >= 0.6 is 0 Å². The topological polar surface area (TPSA) is 110 Å². The van der Waals surface area contributed by atoms with Gasteiger partial charge in [-0.15, -0.1) is 0 Å². The Morgan fingerprint density at radius 2 is 1.47 bits per heavy atom. The molecule has 2 N–H and O–H groups in total. The van der Waals surface area contributed by atoms with Crippen molar-refractivity contribution in [3.05, 3.63) is 58.2 Å². The van der Waals surface area contributed by atoms with Crippen LogP contribution in [0.5, 0.6) is 11.5 Å². The number of benzene rings is 1. The van der Waals surface area contributed by atoms with Crippen LogP contribution in [0.1, 0.15) is 149 Å². The molecule has 284 valence electrons. The number of carbonyl (C=O) groups excluding carboxylic acids is 2. The van der Waals surface area contributed by atoms with Crippen molar-refractivity contribution in [1.29, 1.82) is 0 Å². The van der Waals surface area contributed by atoms with Crippen molar-refractivity contribution in [2.24, 2.45) is 44.3 Å². The molecule has 7 aliphatic carbocycles. The predicted octanol–water partition coefficient (Wildman–Crippen LogP) is 9.45. The van der Waals surface area contributed by atoms with Crippen LogP contribution in [0, 0.1) is 44.3 Å². The molecule has 9 rings (SSSR count). The van der Waals surface area contributed by atoms with E-state index in [2.05, 4.69) is 54.5 Å². The van der Waals surface area contributed by atoms with E-state index in [9.17, 15) is 24.6 Å². The summed E-state index contributed by atoms with van der Waals surface area (Å²) in [6.07, 6.45) is 15.5. The first-order valence-electron chi connectivity index (χ1n) is 20.3. The number of carboxylic acids is 1. The zero-order valence-corrected chi connectivity index (χ0v) is 33.3. The summed E-state index contributed by atoms with van der Waals surface area (Å²) in [6.45, 7) is 19.9. The van der Waals surface area contributed by atoms with Crippen LogP contribution in [0.4, 0.5) is 0 Å². The van der Waals surface area contributed by atoms with Gasteiger partial charge in [0, 0.05) is 23.0 Å². The van der Waals surface area contributed by atoms with Crippen LogP contribution in [0.25, 0.3) is 0 Å². The lowest BCUT2D eigenvalue weighted by Crippen LogP contribution is -2.70. The minimum Gasteiger partial charge on any atom is -0.481 e. The van der Waals surface area contributed by atoms with Crippen LogP contribution in [0.3, 0.4) is 0 Å². The molecule has 4 saturated carbocycles. The maximum absolute atomic E-state index is 14.5. The zero-order valence-electron chi connectivity index (χ0n) is 33.3. The fourth-order valence-corrected chi connectivity index (χ4v) is 14.2. The average molecular weight is 723 g/mol. The van der Waals surface area contributed by atoms with Gasteiger partial charge in [-0.3, -0.25) is 14.4 Å². The Balaban J connectivity index is 1.14. The highest BCUT2D eigenvalue weighted by molar-refractivity contribution is 6.03. The first-order chi connectivity index (χ1) is 24.5. The van der Waals surface area contributed by atoms with Gasteiger partial charge in [0.2, 0.25) is 11.4 Å². The standard InChI is InChI=1S/C46H58O7/c1-38(2)13-10-14-41(5)28-22-32-31(21-26(28)30(47)24-34(38)41)52-45(9)27-11-12-33-42(6,29(27)23-36(48)46(45,51)53-32)18-20-44(8)35-25-40(4,37(49)50)16-15-39(35,3)17-19-43(33,44)7/h11-12,21-23,34-35,51H,10,13-20,24-25H2,1-9H3,(H,49,50)/t34-,35+,39+,40+,41+,42-,43+,44-,45+,46-/m0/s1. The van der Waals surface area contributed by atoms with Gasteiger partial charge in [-0.05, 0) is 140 Å². The number of Topliss-reactive ketones (excluding diaryl/α,β-unsaturated/α-hetero) is 1.